The zero-order valence-corrected chi connectivity index (χ0v) is 20.9. The lowest BCUT2D eigenvalue weighted by Gasteiger charge is -2.44. The van der Waals surface area contributed by atoms with E-state index in [4.69, 9.17) is 11.6 Å². The number of fused-ring (bicyclic) bond motifs is 1. The number of alkyl halides is 3. The van der Waals surface area contributed by atoms with Crippen molar-refractivity contribution in [2.75, 3.05) is 22.9 Å². The molecule has 2 amide bonds. The molecule has 3 aromatic rings. The van der Waals surface area contributed by atoms with Crippen LogP contribution >= 0.6 is 11.6 Å². The second kappa shape index (κ2) is 9.35. The SMILES string of the molecule is Cc1nn(C)c(N2CCC(N3Cc4ccccc4N(Cc4ccccc4C(F)(F)F)C3=O)CC2)c1Cl. The van der Waals surface area contributed by atoms with Gasteiger partial charge in [0.05, 0.1) is 23.5 Å². The molecule has 3 heterocycles. The van der Waals surface area contributed by atoms with Crippen molar-refractivity contribution >= 4 is 29.1 Å². The molecule has 0 atom stereocenters. The number of benzene rings is 2. The number of urea groups is 1. The van der Waals surface area contributed by atoms with Crippen LogP contribution < -0.4 is 9.80 Å². The monoisotopic (exact) mass is 517 g/mol. The number of aryl methyl sites for hydroxylation is 2. The summed E-state index contributed by atoms with van der Waals surface area (Å²) in [4.78, 5) is 19.2. The number of rotatable bonds is 4. The Morgan fingerprint density at radius 2 is 1.72 bits per heavy atom. The molecule has 0 saturated carbocycles. The zero-order chi connectivity index (χ0) is 25.6. The van der Waals surface area contributed by atoms with Gasteiger partial charge in [0.1, 0.15) is 10.8 Å². The second-order valence-electron chi connectivity index (χ2n) is 9.35. The molecule has 2 aliphatic heterocycles. The molecular weight excluding hydrogens is 491 g/mol. The molecule has 0 spiro atoms. The number of hydrogen-bond donors (Lipinski definition) is 0. The van der Waals surface area contributed by atoms with Gasteiger partial charge >= 0.3 is 12.2 Å². The number of nitrogens with zero attached hydrogens (tertiary/aromatic N) is 5. The van der Waals surface area contributed by atoms with Gasteiger partial charge < -0.3 is 9.80 Å². The summed E-state index contributed by atoms with van der Waals surface area (Å²) in [5.41, 5.74) is 1.71. The third-order valence-corrected chi connectivity index (χ3v) is 7.52. The van der Waals surface area contributed by atoms with E-state index in [0.29, 0.717) is 30.3 Å². The molecule has 2 aromatic carbocycles. The van der Waals surface area contributed by atoms with Crippen LogP contribution in [0.1, 0.15) is 35.2 Å². The Morgan fingerprint density at radius 3 is 2.39 bits per heavy atom. The summed E-state index contributed by atoms with van der Waals surface area (Å²) in [6.07, 6.45) is -3.05. The average molecular weight is 518 g/mol. The molecule has 2 aliphatic rings. The highest BCUT2D eigenvalue weighted by molar-refractivity contribution is 6.33. The van der Waals surface area contributed by atoms with Crippen LogP contribution in [0.25, 0.3) is 0 Å². The fourth-order valence-electron chi connectivity index (χ4n) is 5.31. The number of amides is 2. The van der Waals surface area contributed by atoms with E-state index in [-0.39, 0.29) is 24.2 Å². The molecule has 190 valence electrons. The molecule has 1 aromatic heterocycles. The summed E-state index contributed by atoms with van der Waals surface area (Å²) < 4.78 is 42.8. The van der Waals surface area contributed by atoms with Crippen LogP contribution in [0.2, 0.25) is 5.02 Å². The van der Waals surface area contributed by atoms with Crippen LogP contribution in [0, 0.1) is 6.92 Å². The molecule has 36 heavy (non-hydrogen) atoms. The van der Waals surface area contributed by atoms with Crippen LogP contribution in [0.5, 0.6) is 0 Å². The van der Waals surface area contributed by atoms with Crippen molar-refractivity contribution in [2.45, 2.75) is 45.1 Å². The third-order valence-electron chi connectivity index (χ3n) is 7.08. The van der Waals surface area contributed by atoms with Crippen LogP contribution in [-0.2, 0) is 26.3 Å². The molecule has 0 unspecified atom stereocenters. The first-order valence-corrected chi connectivity index (χ1v) is 12.3. The summed E-state index contributed by atoms with van der Waals surface area (Å²) in [5, 5.41) is 5.03. The Labute approximate surface area is 212 Å². The number of piperidine rings is 1. The molecular formula is C26H27ClF3N5O. The lowest BCUT2D eigenvalue weighted by Crippen LogP contribution is -2.54. The highest BCUT2D eigenvalue weighted by Gasteiger charge is 2.38. The summed E-state index contributed by atoms with van der Waals surface area (Å²) in [7, 11) is 1.86. The highest BCUT2D eigenvalue weighted by Crippen LogP contribution is 2.37. The first-order valence-electron chi connectivity index (χ1n) is 11.9. The van der Waals surface area contributed by atoms with Gasteiger partial charge in [-0.3, -0.25) is 9.58 Å². The Kier molecular flexibility index (Phi) is 6.36. The first-order chi connectivity index (χ1) is 17.1. The molecule has 0 radical (unpaired) electrons. The summed E-state index contributed by atoms with van der Waals surface area (Å²) in [6, 6.07) is 12.6. The topological polar surface area (TPSA) is 44.6 Å². The standard InChI is InChI=1S/C26H27ClF3N5O/c1-17-23(27)24(32(2)31-17)33-13-11-20(12-14-33)34-16-19-8-4-6-10-22(19)35(25(34)36)15-18-7-3-5-9-21(18)26(28,29)30/h3-10,20H,11-16H2,1-2H3. The molecule has 6 nitrogen and oxygen atoms in total. The van der Waals surface area contributed by atoms with E-state index in [2.05, 4.69) is 10.00 Å². The van der Waals surface area contributed by atoms with Crippen molar-refractivity contribution in [1.82, 2.24) is 14.7 Å². The maximum Gasteiger partial charge on any atom is 0.416 e. The minimum Gasteiger partial charge on any atom is -0.355 e. The van der Waals surface area contributed by atoms with Crippen molar-refractivity contribution in [2.24, 2.45) is 7.05 Å². The van der Waals surface area contributed by atoms with Gasteiger partial charge in [0.15, 0.2) is 0 Å². The average Bonchev–Trinajstić information content (AvgIpc) is 3.11. The van der Waals surface area contributed by atoms with Crippen LogP contribution in [0.15, 0.2) is 48.5 Å². The maximum atomic E-state index is 13.7. The number of anilines is 2. The van der Waals surface area contributed by atoms with Gasteiger partial charge in [0.2, 0.25) is 0 Å². The number of hydrogen-bond acceptors (Lipinski definition) is 3. The number of carbonyl (C=O) groups is 1. The fraction of sp³-hybridized carbons (Fsp3) is 0.385. The molecule has 0 N–H and O–H groups in total. The molecule has 0 bridgehead atoms. The van der Waals surface area contributed by atoms with Gasteiger partial charge in [-0.15, -0.1) is 0 Å². The van der Waals surface area contributed by atoms with Crippen LogP contribution in [0.4, 0.5) is 29.5 Å². The second-order valence-corrected chi connectivity index (χ2v) is 9.72. The Morgan fingerprint density at radius 1 is 1.06 bits per heavy atom. The van der Waals surface area contributed by atoms with E-state index in [1.807, 2.05) is 37.1 Å². The maximum absolute atomic E-state index is 13.7. The number of aromatic nitrogens is 2. The summed E-state index contributed by atoms with van der Waals surface area (Å²) in [6.45, 7) is 3.55. The number of carbonyl (C=O) groups excluding carboxylic acids is 1. The highest BCUT2D eigenvalue weighted by atomic mass is 35.5. The summed E-state index contributed by atoms with van der Waals surface area (Å²) >= 11 is 6.48. The number of para-hydroxylation sites is 1. The normalized spacial score (nSPS) is 17.1. The minimum absolute atomic E-state index is 0.0319. The Balaban J connectivity index is 1.39. The number of halogens is 4. The van der Waals surface area contributed by atoms with E-state index in [1.54, 1.807) is 16.8 Å². The fourth-order valence-corrected chi connectivity index (χ4v) is 5.59. The zero-order valence-electron chi connectivity index (χ0n) is 20.1. The van der Waals surface area contributed by atoms with E-state index < -0.39 is 11.7 Å². The van der Waals surface area contributed by atoms with E-state index in [9.17, 15) is 18.0 Å². The van der Waals surface area contributed by atoms with Gasteiger partial charge in [0, 0.05) is 32.7 Å². The van der Waals surface area contributed by atoms with E-state index in [0.717, 1.165) is 36.0 Å². The summed E-state index contributed by atoms with van der Waals surface area (Å²) in [5.74, 6) is 0.869. The molecule has 0 aliphatic carbocycles. The lowest BCUT2D eigenvalue weighted by atomic mass is 9.99. The smallest absolute Gasteiger partial charge is 0.355 e. The van der Waals surface area contributed by atoms with Gasteiger partial charge in [-0.1, -0.05) is 48.0 Å². The van der Waals surface area contributed by atoms with Gasteiger partial charge in [-0.05, 0) is 43.0 Å². The van der Waals surface area contributed by atoms with Crippen LogP contribution in [0.3, 0.4) is 0 Å². The van der Waals surface area contributed by atoms with Crippen LogP contribution in [-0.4, -0.2) is 39.8 Å². The Bertz CT molecular complexity index is 1280. The van der Waals surface area contributed by atoms with E-state index >= 15 is 0 Å². The van der Waals surface area contributed by atoms with Gasteiger partial charge in [-0.25, -0.2) is 4.79 Å². The molecule has 5 rings (SSSR count). The predicted octanol–water partition coefficient (Wildman–Crippen LogP) is 6.01. The quantitative estimate of drug-likeness (QED) is 0.425. The molecule has 1 saturated heterocycles. The predicted molar refractivity (Wildman–Crippen MR) is 133 cm³/mol. The van der Waals surface area contributed by atoms with Crippen molar-refractivity contribution in [3.8, 4) is 0 Å². The molecule has 1 fully saturated rings. The lowest BCUT2D eigenvalue weighted by molar-refractivity contribution is -0.138. The van der Waals surface area contributed by atoms with E-state index in [1.165, 1.54) is 17.0 Å². The van der Waals surface area contributed by atoms with Crippen molar-refractivity contribution < 1.29 is 18.0 Å². The Hall–Kier alpha value is -3.20. The molecule has 10 heteroatoms. The van der Waals surface area contributed by atoms with Crippen molar-refractivity contribution in [1.29, 1.82) is 0 Å². The largest absolute Gasteiger partial charge is 0.416 e. The van der Waals surface area contributed by atoms with Crippen molar-refractivity contribution in [3.63, 3.8) is 0 Å². The minimum atomic E-state index is -4.49. The first kappa shape index (κ1) is 24.5. The van der Waals surface area contributed by atoms with Gasteiger partial charge in [-0.2, -0.15) is 18.3 Å². The van der Waals surface area contributed by atoms with Gasteiger partial charge in [0.25, 0.3) is 0 Å². The third kappa shape index (κ3) is 4.40. The van der Waals surface area contributed by atoms with Crippen molar-refractivity contribution in [3.05, 3.63) is 75.9 Å².